The molecule has 0 saturated heterocycles. The number of pyridine rings is 1. The molecule has 0 bridgehead atoms. The number of fused-ring (bicyclic) bond motifs is 2. The molecule has 9 heteroatoms. The molecule has 4 aromatic heterocycles. The zero-order valence-electron chi connectivity index (χ0n) is 23.2. The number of amides is 1. The minimum atomic E-state index is -0.505. The second-order valence-corrected chi connectivity index (χ2v) is 10.0. The Morgan fingerprint density at radius 3 is 2.56 bits per heavy atom. The largest absolute Gasteiger partial charge is 0.344 e. The summed E-state index contributed by atoms with van der Waals surface area (Å²) in [6.45, 7) is 5.61. The third-order valence-electron chi connectivity index (χ3n) is 7.40. The number of aryl methyl sites for hydroxylation is 2. The monoisotopic (exact) mass is 543 g/mol. The Hall–Kier alpha value is -5.31. The molecule has 0 aliphatic rings. The first-order valence-electron chi connectivity index (χ1n) is 13.3. The molecule has 6 rings (SSSR count). The van der Waals surface area contributed by atoms with E-state index in [4.69, 9.17) is 0 Å². The molecule has 0 saturated carbocycles. The van der Waals surface area contributed by atoms with E-state index in [1.54, 1.807) is 34.5 Å². The molecule has 1 atom stereocenters. The second kappa shape index (κ2) is 10.3. The topological polar surface area (TPSA) is 99.1 Å². The predicted octanol–water partition coefficient (Wildman–Crippen LogP) is 5.05. The summed E-state index contributed by atoms with van der Waals surface area (Å²) in [7, 11) is 1.96. The van der Waals surface area contributed by atoms with Gasteiger partial charge in [0.15, 0.2) is 5.65 Å². The standard InChI is InChI=1S/C32H29N7O2/c1-20(35-31(40)28-21(2)36-38-17-9-16-33-30(28)38)27-18-24-11-8-10-23(14-15-26-19-34-22(3)37(26)4)29(24)32(41)39(27)25-12-6-5-7-13-25/h5-20H,1-4H3,(H,35,40)/b15-14+. The van der Waals surface area contributed by atoms with Crippen molar-refractivity contribution in [3.8, 4) is 5.69 Å². The number of aromatic nitrogens is 6. The van der Waals surface area contributed by atoms with Crippen LogP contribution in [0.5, 0.6) is 0 Å². The fourth-order valence-electron chi connectivity index (χ4n) is 5.16. The van der Waals surface area contributed by atoms with Crippen LogP contribution < -0.4 is 10.9 Å². The number of hydrogen-bond donors (Lipinski definition) is 1. The van der Waals surface area contributed by atoms with Crippen molar-refractivity contribution in [1.29, 1.82) is 0 Å². The van der Waals surface area contributed by atoms with Crippen LogP contribution in [0.1, 0.15) is 51.8 Å². The predicted molar refractivity (Wildman–Crippen MR) is 160 cm³/mol. The molecular weight excluding hydrogens is 514 g/mol. The molecule has 6 aromatic rings. The van der Waals surface area contributed by atoms with Crippen LogP contribution in [0.3, 0.4) is 0 Å². The van der Waals surface area contributed by atoms with Gasteiger partial charge in [-0.25, -0.2) is 14.5 Å². The molecule has 0 aliphatic carbocycles. The van der Waals surface area contributed by atoms with Crippen molar-refractivity contribution < 1.29 is 4.79 Å². The highest BCUT2D eigenvalue weighted by atomic mass is 16.2. The minimum absolute atomic E-state index is 0.167. The Balaban J connectivity index is 1.47. The summed E-state index contributed by atoms with van der Waals surface area (Å²) in [5.74, 6) is 0.601. The van der Waals surface area contributed by atoms with Crippen molar-refractivity contribution >= 4 is 34.5 Å². The number of rotatable bonds is 6. The number of carbonyl (C=O) groups excluding carboxylic acids is 1. The summed E-state index contributed by atoms with van der Waals surface area (Å²) < 4.78 is 5.26. The van der Waals surface area contributed by atoms with Gasteiger partial charge in [0.05, 0.1) is 29.0 Å². The van der Waals surface area contributed by atoms with Gasteiger partial charge in [-0.05, 0) is 62.1 Å². The fourth-order valence-corrected chi connectivity index (χ4v) is 5.16. The Labute approximate surface area is 236 Å². The zero-order valence-corrected chi connectivity index (χ0v) is 23.2. The zero-order chi connectivity index (χ0) is 28.7. The number of imidazole rings is 1. The highest BCUT2D eigenvalue weighted by Gasteiger charge is 2.23. The summed E-state index contributed by atoms with van der Waals surface area (Å²) in [5, 5.41) is 8.89. The molecule has 1 unspecified atom stereocenters. The van der Waals surface area contributed by atoms with Crippen molar-refractivity contribution in [2.24, 2.45) is 7.05 Å². The molecule has 41 heavy (non-hydrogen) atoms. The molecule has 0 radical (unpaired) electrons. The third kappa shape index (κ3) is 4.61. The molecule has 2 aromatic carbocycles. The summed E-state index contributed by atoms with van der Waals surface area (Å²) in [5.41, 5.74) is 4.41. The Kier molecular flexibility index (Phi) is 6.55. The molecule has 0 spiro atoms. The molecule has 9 nitrogen and oxygen atoms in total. The molecule has 0 fully saturated rings. The van der Waals surface area contributed by atoms with Crippen LogP contribution >= 0.6 is 0 Å². The minimum Gasteiger partial charge on any atom is -0.344 e. The molecule has 204 valence electrons. The van der Waals surface area contributed by atoms with E-state index in [-0.39, 0.29) is 11.5 Å². The summed E-state index contributed by atoms with van der Waals surface area (Å²) >= 11 is 0. The van der Waals surface area contributed by atoms with Crippen LogP contribution in [0.2, 0.25) is 0 Å². The van der Waals surface area contributed by atoms with Gasteiger partial charge in [0.1, 0.15) is 11.4 Å². The lowest BCUT2D eigenvalue weighted by Gasteiger charge is -2.21. The number of para-hydroxylation sites is 1. The lowest BCUT2D eigenvalue weighted by molar-refractivity contribution is 0.0939. The van der Waals surface area contributed by atoms with Gasteiger partial charge in [0.2, 0.25) is 0 Å². The van der Waals surface area contributed by atoms with Crippen molar-refractivity contribution in [1.82, 2.24) is 34.0 Å². The van der Waals surface area contributed by atoms with Crippen LogP contribution in [-0.4, -0.2) is 34.6 Å². The van der Waals surface area contributed by atoms with E-state index in [0.717, 1.165) is 22.5 Å². The van der Waals surface area contributed by atoms with Crippen molar-refractivity contribution in [2.45, 2.75) is 26.8 Å². The molecule has 0 aliphatic heterocycles. The van der Waals surface area contributed by atoms with Crippen LogP contribution in [0.4, 0.5) is 0 Å². The van der Waals surface area contributed by atoms with E-state index in [2.05, 4.69) is 20.4 Å². The molecule has 4 heterocycles. The second-order valence-electron chi connectivity index (χ2n) is 10.0. The summed E-state index contributed by atoms with van der Waals surface area (Å²) in [4.78, 5) is 36.5. The first kappa shape index (κ1) is 25.9. The van der Waals surface area contributed by atoms with Crippen molar-refractivity contribution in [3.63, 3.8) is 0 Å². The number of carbonyl (C=O) groups is 1. The lowest BCUT2D eigenvalue weighted by atomic mass is 10.0. The number of benzene rings is 2. The first-order chi connectivity index (χ1) is 19.8. The highest BCUT2D eigenvalue weighted by molar-refractivity contribution is 6.01. The maximum absolute atomic E-state index is 14.3. The van der Waals surface area contributed by atoms with Crippen LogP contribution in [-0.2, 0) is 7.05 Å². The van der Waals surface area contributed by atoms with Gasteiger partial charge in [0.25, 0.3) is 11.5 Å². The number of nitrogens with one attached hydrogen (secondary N) is 1. The maximum atomic E-state index is 14.3. The van der Waals surface area contributed by atoms with Gasteiger partial charge < -0.3 is 9.88 Å². The molecule has 1 N–H and O–H groups in total. The summed E-state index contributed by atoms with van der Waals surface area (Å²) in [6, 6.07) is 18.5. The van der Waals surface area contributed by atoms with E-state index in [1.807, 2.05) is 98.4 Å². The van der Waals surface area contributed by atoms with Gasteiger partial charge in [-0.1, -0.05) is 42.5 Å². The van der Waals surface area contributed by atoms with Gasteiger partial charge in [-0.15, -0.1) is 0 Å². The number of hydrogen-bond acceptors (Lipinski definition) is 5. The van der Waals surface area contributed by atoms with Gasteiger partial charge in [-0.3, -0.25) is 14.2 Å². The van der Waals surface area contributed by atoms with Crippen molar-refractivity contribution in [2.75, 3.05) is 0 Å². The maximum Gasteiger partial charge on any atom is 0.263 e. The SMILES string of the molecule is Cc1nn2cccnc2c1C(=O)NC(C)c1cc2cccc(/C=C/c3cnc(C)n3C)c2c(=O)n1-c1ccccc1. The quantitative estimate of drug-likeness (QED) is 0.317. The Morgan fingerprint density at radius 2 is 1.80 bits per heavy atom. The Bertz CT molecular complexity index is 2020. The van der Waals surface area contributed by atoms with Gasteiger partial charge >= 0.3 is 0 Å². The smallest absolute Gasteiger partial charge is 0.263 e. The van der Waals surface area contributed by atoms with Gasteiger partial charge in [0, 0.05) is 30.8 Å². The van der Waals surface area contributed by atoms with E-state index >= 15 is 0 Å². The van der Waals surface area contributed by atoms with E-state index in [9.17, 15) is 9.59 Å². The first-order valence-corrected chi connectivity index (χ1v) is 13.3. The van der Waals surface area contributed by atoms with Crippen LogP contribution in [0, 0.1) is 13.8 Å². The normalized spacial score (nSPS) is 12.4. The van der Waals surface area contributed by atoms with E-state index in [1.165, 1.54) is 0 Å². The molecular formula is C32H29N7O2. The highest BCUT2D eigenvalue weighted by Crippen LogP contribution is 2.25. The van der Waals surface area contributed by atoms with E-state index in [0.29, 0.717) is 33.7 Å². The summed E-state index contributed by atoms with van der Waals surface area (Å²) in [6.07, 6.45) is 9.11. The van der Waals surface area contributed by atoms with Crippen molar-refractivity contribution in [3.05, 3.63) is 124 Å². The fraction of sp³-hybridized carbons (Fsp3) is 0.156. The van der Waals surface area contributed by atoms with E-state index < -0.39 is 6.04 Å². The lowest BCUT2D eigenvalue weighted by Crippen LogP contribution is -2.32. The Morgan fingerprint density at radius 1 is 1.00 bits per heavy atom. The number of nitrogens with zero attached hydrogens (tertiary/aromatic N) is 6. The van der Waals surface area contributed by atoms with Crippen LogP contribution in [0.25, 0.3) is 34.3 Å². The average Bonchev–Trinajstić information content (AvgIpc) is 3.49. The molecule has 1 amide bonds. The average molecular weight is 544 g/mol. The third-order valence-corrected chi connectivity index (χ3v) is 7.40. The van der Waals surface area contributed by atoms with Gasteiger partial charge in [-0.2, -0.15) is 5.10 Å². The van der Waals surface area contributed by atoms with Crippen LogP contribution in [0.15, 0.2) is 84.0 Å².